The summed E-state index contributed by atoms with van der Waals surface area (Å²) in [7, 11) is 4.68. The second kappa shape index (κ2) is 8.39. The molecule has 1 aliphatic heterocycles. The van der Waals surface area contributed by atoms with Crippen molar-refractivity contribution in [2.75, 3.05) is 26.2 Å². The highest BCUT2D eigenvalue weighted by molar-refractivity contribution is 7.22. The fourth-order valence-electron chi connectivity index (χ4n) is 4.58. The van der Waals surface area contributed by atoms with Gasteiger partial charge >= 0.3 is 0 Å². The molecular weight excluding hydrogens is 480 g/mol. The molecule has 9 heteroatoms. The van der Waals surface area contributed by atoms with Crippen LogP contribution < -0.4 is 24.5 Å². The molecule has 0 spiro atoms. The number of amides is 1. The van der Waals surface area contributed by atoms with Gasteiger partial charge in [-0.1, -0.05) is 29.5 Å². The number of fused-ring (bicyclic) bond motifs is 3. The van der Waals surface area contributed by atoms with Gasteiger partial charge in [0, 0.05) is 0 Å². The van der Waals surface area contributed by atoms with Crippen LogP contribution in [0.2, 0.25) is 0 Å². The normalized spacial score (nSPS) is 14.9. The van der Waals surface area contributed by atoms with Crippen molar-refractivity contribution >= 4 is 43.6 Å². The summed E-state index contributed by atoms with van der Waals surface area (Å²) in [6, 6.07) is 17.0. The van der Waals surface area contributed by atoms with Crippen LogP contribution in [0.5, 0.6) is 17.2 Å². The number of rotatable bonds is 5. The van der Waals surface area contributed by atoms with E-state index in [-0.39, 0.29) is 16.8 Å². The van der Waals surface area contributed by atoms with Gasteiger partial charge in [-0.2, -0.15) is 0 Å². The average molecular weight is 501 g/mol. The molecule has 0 N–H and O–H groups in total. The topological polar surface area (TPSA) is 91.1 Å². The molecule has 3 aromatic carbocycles. The Balaban J connectivity index is 1.62. The maximum Gasteiger partial charge on any atom is 0.297 e. The van der Waals surface area contributed by atoms with Crippen LogP contribution in [0, 0.1) is 0 Å². The number of anilines is 1. The molecule has 6 rings (SSSR count). The molecule has 0 radical (unpaired) electrons. The predicted octanol–water partition coefficient (Wildman–Crippen LogP) is 5.18. The van der Waals surface area contributed by atoms with Crippen molar-refractivity contribution in [1.82, 2.24) is 4.98 Å². The first kappa shape index (κ1) is 22.1. The fourth-order valence-corrected chi connectivity index (χ4v) is 5.60. The van der Waals surface area contributed by atoms with E-state index in [2.05, 4.69) is 0 Å². The Morgan fingerprint density at radius 2 is 1.72 bits per heavy atom. The second-order valence-electron chi connectivity index (χ2n) is 8.19. The van der Waals surface area contributed by atoms with E-state index in [1.807, 2.05) is 24.3 Å². The summed E-state index contributed by atoms with van der Waals surface area (Å²) in [5.74, 6) is 1.28. The number of methoxy groups -OCH3 is 3. The number of ether oxygens (including phenoxy) is 3. The number of nitrogens with zero attached hydrogens (tertiary/aromatic N) is 2. The lowest BCUT2D eigenvalue weighted by atomic mass is 9.98. The van der Waals surface area contributed by atoms with Crippen molar-refractivity contribution in [3.63, 3.8) is 0 Å². The van der Waals surface area contributed by atoms with E-state index in [9.17, 15) is 9.59 Å². The highest BCUT2D eigenvalue weighted by atomic mass is 32.1. The van der Waals surface area contributed by atoms with Crippen molar-refractivity contribution in [1.29, 1.82) is 0 Å². The maximum atomic E-state index is 13.8. The molecule has 0 bridgehead atoms. The monoisotopic (exact) mass is 500 g/mol. The highest BCUT2D eigenvalue weighted by Gasteiger charge is 2.45. The zero-order chi connectivity index (χ0) is 25.0. The number of aromatic nitrogens is 1. The Morgan fingerprint density at radius 3 is 2.50 bits per heavy atom. The molecule has 1 aliphatic rings. The lowest BCUT2D eigenvalue weighted by molar-refractivity contribution is 0.0971. The van der Waals surface area contributed by atoms with E-state index < -0.39 is 11.9 Å². The van der Waals surface area contributed by atoms with Crippen molar-refractivity contribution < 1.29 is 23.4 Å². The molecule has 3 heterocycles. The number of carbonyl (C=O) groups is 1. The van der Waals surface area contributed by atoms with Gasteiger partial charge in [-0.25, -0.2) is 4.98 Å². The van der Waals surface area contributed by atoms with Gasteiger partial charge in [0.1, 0.15) is 11.3 Å². The van der Waals surface area contributed by atoms with Crippen molar-refractivity contribution in [2.24, 2.45) is 0 Å². The van der Waals surface area contributed by atoms with Gasteiger partial charge in [0.05, 0.1) is 48.5 Å². The summed E-state index contributed by atoms with van der Waals surface area (Å²) in [6.45, 7) is 0. The van der Waals surface area contributed by atoms with Gasteiger partial charge < -0.3 is 18.6 Å². The first-order chi connectivity index (χ1) is 17.5. The summed E-state index contributed by atoms with van der Waals surface area (Å²) in [4.78, 5) is 33.8. The molecule has 1 amide bonds. The van der Waals surface area contributed by atoms with Crippen molar-refractivity contribution in [3.8, 4) is 17.2 Å². The van der Waals surface area contributed by atoms with E-state index in [0.29, 0.717) is 38.9 Å². The van der Waals surface area contributed by atoms with Crippen LogP contribution in [-0.2, 0) is 0 Å². The molecule has 8 nitrogen and oxygen atoms in total. The van der Waals surface area contributed by atoms with Gasteiger partial charge in [0.15, 0.2) is 22.1 Å². The van der Waals surface area contributed by atoms with Crippen LogP contribution >= 0.6 is 11.3 Å². The maximum absolute atomic E-state index is 13.8. The third-order valence-electron chi connectivity index (χ3n) is 6.29. The summed E-state index contributed by atoms with van der Waals surface area (Å²) < 4.78 is 23.1. The first-order valence-electron chi connectivity index (χ1n) is 11.1. The fraction of sp³-hybridized carbons (Fsp3) is 0.148. The third kappa shape index (κ3) is 3.24. The average Bonchev–Trinajstić information content (AvgIpc) is 3.46. The molecule has 0 fully saturated rings. The lowest BCUT2D eigenvalue weighted by Gasteiger charge is -2.23. The second-order valence-corrected chi connectivity index (χ2v) is 9.20. The van der Waals surface area contributed by atoms with Gasteiger partial charge in [-0.15, -0.1) is 0 Å². The van der Waals surface area contributed by atoms with Gasteiger partial charge in [-0.05, 0) is 48.0 Å². The number of carbonyl (C=O) groups excluding carboxylic acids is 1. The largest absolute Gasteiger partial charge is 0.497 e. The van der Waals surface area contributed by atoms with Crippen LogP contribution in [0.15, 0.2) is 69.9 Å². The molecule has 0 unspecified atom stereocenters. The molecule has 0 aliphatic carbocycles. The SMILES string of the molecule is COc1ccc2nc(N3C(=O)c4oc5ccccc5c(=O)c4[C@@H]3c3ccc(OC)c(OC)c3)sc2c1. The summed E-state index contributed by atoms with van der Waals surface area (Å²) in [5.41, 5.74) is 1.75. The quantitative estimate of drug-likeness (QED) is 0.328. The Bertz CT molecular complexity index is 1720. The minimum atomic E-state index is -0.768. The predicted molar refractivity (Wildman–Crippen MR) is 137 cm³/mol. The minimum absolute atomic E-state index is 0.00956. The zero-order valence-corrected chi connectivity index (χ0v) is 20.4. The number of hydrogen-bond acceptors (Lipinski definition) is 8. The van der Waals surface area contributed by atoms with Gasteiger partial charge in [0.25, 0.3) is 5.91 Å². The first-order valence-corrected chi connectivity index (χ1v) is 11.9. The van der Waals surface area contributed by atoms with Crippen molar-refractivity contribution in [2.45, 2.75) is 6.04 Å². The molecule has 1 atom stereocenters. The number of benzene rings is 3. The minimum Gasteiger partial charge on any atom is -0.497 e. The molecule has 5 aromatic rings. The van der Waals surface area contributed by atoms with Gasteiger partial charge in [-0.3, -0.25) is 14.5 Å². The van der Waals surface area contributed by atoms with Crippen LogP contribution in [0.4, 0.5) is 5.13 Å². The van der Waals surface area contributed by atoms with E-state index in [1.165, 1.54) is 23.3 Å². The molecule has 0 saturated heterocycles. The van der Waals surface area contributed by atoms with Crippen LogP contribution in [0.3, 0.4) is 0 Å². The van der Waals surface area contributed by atoms with Crippen LogP contribution in [0.25, 0.3) is 21.2 Å². The molecule has 2 aromatic heterocycles. The van der Waals surface area contributed by atoms with E-state index in [4.69, 9.17) is 23.6 Å². The Labute approximate surface area is 209 Å². The smallest absolute Gasteiger partial charge is 0.297 e. The summed E-state index contributed by atoms with van der Waals surface area (Å²) >= 11 is 1.34. The van der Waals surface area contributed by atoms with Crippen LogP contribution in [0.1, 0.15) is 27.7 Å². The number of hydrogen-bond donors (Lipinski definition) is 0. The summed E-state index contributed by atoms with van der Waals surface area (Å²) in [6.07, 6.45) is 0. The van der Waals surface area contributed by atoms with Crippen LogP contribution in [-0.4, -0.2) is 32.2 Å². The third-order valence-corrected chi connectivity index (χ3v) is 7.31. The zero-order valence-electron chi connectivity index (χ0n) is 19.6. The highest BCUT2D eigenvalue weighted by Crippen LogP contribution is 2.45. The summed E-state index contributed by atoms with van der Waals surface area (Å²) in [5, 5.41) is 0.850. The molecule has 36 heavy (non-hydrogen) atoms. The van der Waals surface area contributed by atoms with E-state index >= 15 is 0 Å². The number of para-hydroxylation sites is 1. The Hall–Kier alpha value is -4.37. The number of thiazole rings is 1. The van der Waals surface area contributed by atoms with Gasteiger partial charge in [0.2, 0.25) is 5.76 Å². The Morgan fingerprint density at radius 1 is 0.917 bits per heavy atom. The van der Waals surface area contributed by atoms with Crippen molar-refractivity contribution in [3.05, 3.63) is 87.8 Å². The molecule has 0 saturated carbocycles. The molecular formula is C27H20N2O6S. The lowest BCUT2D eigenvalue weighted by Crippen LogP contribution is -2.29. The van der Waals surface area contributed by atoms with E-state index in [1.54, 1.807) is 50.6 Å². The Kier molecular flexibility index (Phi) is 5.15. The van der Waals surface area contributed by atoms with E-state index in [0.717, 1.165) is 10.2 Å². The standard InChI is InChI=1S/C27H20N2O6S/c1-32-15-9-10-17-21(13-15)36-27(28-17)29-23(14-8-11-19(33-2)20(12-14)34-3)22-24(30)16-6-4-5-7-18(16)35-25(22)26(29)31/h4-13,23H,1-3H3/t23-/m0/s1. The molecule has 180 valence electrons.